The van der Waals surface area contributed by atoms with Crippen molar-refractivity contribution in [3.8, 4) is 11.1 Å². The second kappa shape index (κ2) is 6.85. The summed E-state index contributed by atoms with van der Waals surface area (Å²) in [6.07, 6.45) is 0.601. The third-order valence-corrected chi connectivity index (χ3v) is 6.43. The zero-order valence-corrected chi connectivity index (χ0v) is 15.5. The van der Waals surface area contributed by atoms with Crippen LogP contribution in [0.4, 0.5) is 0 Å². The van der Waals surface area contributed by atoms with E-state index >= 15 is 0 Å². The number of amides is 1. The molecule has 0 aliphatic carbocycles. The quantitative estimate of drug-likeness (QED) is 0.778. The zero-order valence-electron chi connectivity index (χ0n) is 14.6. The highest BCUT2D eigenvalue weighted by atomic mass is 32.1. The number of benzene rings is 1. The molecule has 2 saturated heterocycles. The minimum absolute atomic E-state index is 0.00668. The lowest BCUT2D eigenvalue weighted by Gasteiger charge is -2.35. The van der Waals surface area contributed by atoms with Gasteiger partial charge in [0.05, 0.1) is 24.0 Å². The number of carbonyl (C=O) groups excluding carboxylic acids is 2. The van der Waals surface area contributed by atoms with Gasteiger partial charge in [-0.15, -0.1) is 11.3 Å². The first-order valence-electron chi connectivity index (χ1n) is 8.74. The molecule has 4 rings (SSSR count). The second-order valence-electron chi connectivity index (χ2n) is 6.88. The van der Waals surface area contributed by atoms with Crippen LogP contribution in [0, 0.1) is 11.3 Å². The van der Waals surface area contributed by atoms with Crippen LogP contribution in [0.1, 0.15) is 16.1 Å². The third kappa shape index (κ3) is 2.73. The first-order valence-corrected chi connectivity index (χ1v) is 9.62. The fraction of sp³-hybridized carbons (Fsp3) is 0.400. The summed E-state index contributed by atoms with van der Waals surface area (Å²) >= 11 is 1.45. The van der Waals surface area contributed by atoms with Crippen LogP contribution in [0.25, 0.3) is 11.1 Å². The van der Waals surface area contributed by atoms with Crippen molar-refractivity contribution in [2.75, 3.05) is 33.4 Å². The Morgan fingerprint density at radius 1 is 1.27 bits per heavy atom. The molecule has 2 aliphatic rings. The maximum Gasteiger partial charge on any atom is 0.314 e. The number of likely N-dealkylation sites (tertiary alicyclic amines) is 1. The fourth-order valence-corrected chi connectivity index (χ4v) is 4.99. The van der Waals surface area contributed by atoms with Crippen LogP contribution in [0.2, 0.25) is 0 Å². The lowest BCUT2D eigenvalue weighted by Crippen LogP contribution is -2.45. The molecule has 6 heteroatoms. The van der Waals surface area contributed by atoms with Gasteiger partial charge in [-0.2, -0.15) is 0 Å². The van der Waals surface area contributed by atoms with Crippen molar-refractivity contribution >= 4 is 23.2 Å². The van der Waals surface area contributed by atoms with Crippen molar-refractivity contribution in [3.63, 3.8) is 0 Å². The molecule has 0 radical (unpaired) electrons. The van der Waals surface area contributed by atoms with E-state index in [2.05, 4.69) is 0 Å². The number of methoxy groups -OCH3 is 1. The van der Waals surface area contributed by atoms with Gasteiger partial charge in [0, 0.05) is 31.2 Å². The van der Waals surface area contributed by atoms with E-state index in [-0.39, 0.29) is 17.8 Å². The lowest BCUT2D eigenvalue weighted by molar-refractivity contribution is -0.161. The van der Waals surface area contributed by atoms with Gasteiger partial charge in [-0.3, -0.25) is 9.59 Å². The molecule has 1 amide bonds. The minimum atomic E-state index is -0.632. The average Bonchev–Trinajstić information content (AvgIpc) is 3.33. The van der Waals surface area contributed by atoms with Crippen LogP contribution < -0.4 is 0 Å². The van der Waals surface area contributed by atoms with E-state index in [1.54, 1.807) is 4.90 Å². The van der Waals surface area contributed by atoms with E-state index in [0.717, 1.165) is 16.0 Å². The topological polar surface area (TPSA) is 55.8 Å². The highest BCUT2D eigenvalue weighted by Gasteiger charge is 2.55. The Bertz CT molecular complexity index is 818. The van der Waals surface area contributed by atoms with Crippen LogP contribution >= 0.6 is 11.3 Å². The Labute approximate surface area is 156 Å². The van der Waals surface area contributed by atoms with E-state index in [9.17, 15) is 9.59 Å². The smallest absolute Gasteiger partial charge is 0.314 e. The number of esters is 1. The van der Waals surface area contributed by atoms with Gasteiger partial charge >= 0.3 is 5.97 Å². The molecule has 2 aromatic rings. The summed E-state index contributed by atoms with van der Waals surface area (Å²) in [4.78, 5) is 28.3. The highest BCUT2D eigenvalue weighted by molar-refractivity contribution is 7.12. The predicted octanol–water partition coefficient (Wildman–Crippen LogP) is 3.07. The van der Waals surface area contributed by atoms with Crippen LogP contribution in [-0.4, -0.2) is 50.2 Å². The van der Waals surface area contributed by atoms with Gasteiger partial charge in [0.25, 0.3) is 5.91 Å². The number of hydrogen-bond acceptors (Lipinski definition) is 5. The van der Waals surface area contributed by atoms with Crippen molar-refractivity contribution in [2.45, 2.75) is 6.42 Å². The molecule has 3 heterocycles. The Morgan fingerprint density at radius 3 is 2.85 bits per heavy atom. The summed E-state index contributed by atoms with van der Waals surface area (Å²) in [5.41, 5.74) is 1.34. The van der Waals surface area contributed by atoms with Gasteiger partial charge < -0.3 is 14.4 Å². The first-order chi connectivity index (χ1) is 12.7. The summed E-state index contributed by atoms with van der Waals surface area (Å²) in [5, 5.41) is 1.94. The van der Waals surface area contributed by atoms with Crippen LogP contribution in [-0.2, 0) is 14.3 Å². The molecule has 0 N–H and O–H groups in total. The SMILES string of the molecule is COC(=O)[C@@]12CCOC[C@@H]1CN(C(=O)c1sccc1-c1ccccc1)C2. The fourth-order valence-electron chi connectivity index (χ4n) is 4.11. The number of thiophene rings is 1. The maximum absolute atomic E-state index is 13.2. The summed E-state index contributed by atoms with van der Waals surface area (Å²) in [5.74, 6) is -0.250. The van der Waals surface area contributed by atoms with E-state index in [4.69, 9.17) is 9.47 Å². The van der Waals surface area contributed by atoms with Crippen molar-refractivity contribution < 1.29 is 19.1 Å². The summed E-state index contributed by atoms with van der Waals surface area (Å²) in [6.45, 7) is 1.95. The summed E-state index contributed by atoms with van der Waals surface area (Å²) in [6, 6.07) is 11.9. The minimum Gasteiger partial charge on any atom is -0.469 e. The molecule has 136 valence electrons. The molecular weight excluding hydrogens is 350 g/mol. The molecule has 2 atom stereocenters. The van der Waals surface area contributed by atoms with Crippen LogP contribution in [0.5, 0.6) is 0 Å². The van der Waals surface area contributed by atoms with E-state index in [1.807, 2.05) is 41.8 Å². The zero-order chi connectivity index (χ0) is 18.1. The Kier molecular flexibility index (Phi) is 4.54. The predicted molar refractivity (Wildman–Crippen MR) is 99.0 cm³/mol. The Morgan fingerprint density at radius 2 is 2.08 bits per heavy atom. The molecule has 1 aromatic carbocycles. The Hall–Kier alpha value is -2.18. The molecular formula is C20H21NO4S. The largest absolute Gasteiger partial charge is 0.469 e. The van der Waals surface area contributed by atoms with Crippen molar-refractivity contribution in [2.24, 2.45) is 11.3 Å². The number of carbonyl (C=O) groups is 2. The summed E-state index contributed by atoms with van der Waals surface area (Å²) < 4.78 is 10.6. The molecule has 2 aliphatic heterocycles. The number of fused-ring (bicyclic) bond motifs is 1. The monoisotopic (exact) mass is 371 g/mol. The Balaban J connectivity index is 1.63. The third-order valence-electron chi connectivity index (χ3n) is 5.53. The maximum atomic E-state index is 13.2. The van der Waals surface area contributed by atoms with Crippen LogP contribution in [0.3, 0.4) is 0 Å². The molecule has 1 aromatic heterocycles. The molecule has 5 nitrogen and oxygen atoms in total. The van der Waals surface area contributed by atoms with Crippen molar-refractivity contribution in [3.05, 3.63) is 46.7 Å². The molecule has 0 unspecified atom stereocenters. The molecule has 0 spiro atoms. The van der Waals surface area contributed by atoms with Gasteiger partial charge in [0.1, 0.15) is 0 Å². The van der Waals surface area contributed by atoms with Crippen molar-refractivity contribution in [1.29, 1.82) is 0 Å². The van der Waals surface area contributed by atoms with Crippen LogP contribution in [0.15, 0.2) is 41.8 Å². The lowest BCUT2D eigenvalue weighted by atomic mass is 9.74. The average molecular weight is 371 g/mol. The number of rotatable bonds is 3. The number of hydrogen-bond donors (Lipinski definition) is 0. The molecule has 26 heavy (non-hydrogen) atoms. The second-order valence-corrected chi connectivity index (χ2v) is 7.80. The van der Waals surface area contributed by atoms with E-state index in [1.165, 1.54) is 18.4 Å². The molecule has 2 fully saturated rings. The van der Waals surface area contributed by atoms with E-state index < -0.39 is 5.41 Å². The highest BCUT2D eigenvalue weighted by Crippen LogP contribution is 2.44. The first kappa shape index (κ1) is 17.2. The van der Waals surface area contributed by atoms with Gasteiger partial charge in [-0.1, -0.05) is 30.3 Å². The van der Waals surface area contributed by atoms with Gasteiger partial charge in [0.2, 0.25) is 0 Å². The normalized spacial score (nSPS) is 25.0. The van der Waals surface area contributed by atoms with E-state index in [0.29, 0.717) is 32.7 Å². The molecule has 0 saturated carbocycles. The number of nitrogens with zero attached hydrogens (tertiary/aromatic N) is 1. The summed E-state index contributed by atoms with van der Waals surface area (Å²) in [7, 11) is 1.42. The van der Waals surface area contributed by atoms with Gasteiger partial charge in [0.15, 0.2) is 0 Å². The number of ether oxygens (including phenoxy) is 2. The standard InChI is InChI=1S/C20H21NO4S/c1-24-19(23)20-8-9-25-12-15(20)11-21(13-20)18(22)17-16(7-10-26-17)14-5-3-2-4-6-14/h2-7,10,15H,8-9,11-13H2,1H3/t15-,20+/m0/s1. The molecule has 0 bridgehead atoms. The van der Waals surface area contributed by atoms with Gasteiger partial charge in [-0.05, 0) is 23.4 Å². The van der Waals surface area contributed by atoms with Gasteiger partial charge in [-0.25, -0.2) is 0 Å². The van der Waals surface area contributed by atoms with Crippen molar-refractivity contribution in [1.82, 2.24) is 4.90 Å².